The molecule has 94 valence electrons. The van der Waals surface area contributed by atoms with E-state index in [0.717, 1.165) is 0 Å². The number of rotatable bonds is 5. The van der Waals surface area contributed by atoms with Gasteiger partial charge in [-0.05, 0) is 14.1 Å². The molecule has 0 atom stereocenters. The molecule has 0 aliphatic heterocycles. The summed E-state index contributed by atoms with van der Waals surface area (Å²) in [7, 11) is 5.41. The normalized spacial score (nSPS) is 10.6. The Morgan fingerprint density at radius 3 is 2.53 bits per heavy atom. The van der Waals surface area contributed by atoms with Crippen molar-refractivity contribution in [3.63, 3.8) is 0 Å². The van der Waals surface area contributed by atoms with Crippen molar-refractivity contribution in [1.82, 2.24) is 19.8 Å². The van der Waals surface area contributed by atoms with Crippen LogP contribution in [0.2, 0.25) is 0 Å². The Kier molecular flexibility index (Phi) is 4.22. The third kappa shape index (κ3) is 3.28. The van der Waals surface area contributed by atoms with Gasteiger partial charge in [0, 0.05) is 20.1 Å². The van der Waals surface area contributed by atoms with E-state index in [1.807, 2.05) is 19.0 Å². The molecule has 7 nitrogen and oxygen atoms in total. The number of nitrogens with one attached hydrogen (secondary N) is 1. The predicted octanol–water partition coefficient (Wildman–Crippen LogP) is -0.258. The molecule has 1 aromatic heterocycles. The molecule has 2 N–H and O–H groups in total. The molecule has 0 saturated heterocycles. The molecule has 0 spiro atoms. The van der Waals surface area contributed by atoms with E-state index in [4.69, 9.17) is 5.11 Å². The van der Waals surface area contributed by atoms with Crippen LogP contribution in [0.25, 0.3) is 0 Å². The lowest BCUT2D eigenvalue weighted by Gasteiger charge is -2.18. The van der Waals surface area contributed by atoms with Crippen LogP contribution < -0.4 is 0 Å². The van der Waals surface area contributed by atoms with Crippen LogP contribution in [0.1, 0.15) is 21.0 Å². The minimum atomic E-state index is -1.19. The average molecular weight is 240 g/mol. The van der Waals surface area contributed by atoms with Crippen molar-refractivity contribution in [3.05, 3.63) is 17.7 Å². The van der Waals surface area contributed by atoms with Gasteiger partial charge in [-0.25, -0.2) is 9.78 Å². The Bertz CT molecular complexity index is 413. The zero-order chi connectivity index (χ0) is 13.0. The third-order valence-electron chi connectivity index (χ3n) is 2.29. The van der Waals surface area contributed by atoms with Crippen LogP contribution >= 0.6 is 0 Å². The summed E-state index contributed by atoms with van der Waals surface area (Å²) in [5.41, 5.74) is -0.231. The fraction of sp³-hybridized carbons (Fsp3) is 0.500. The standard InChI is InChI=1S/C10H16N4O3/c1-13(2)4-5-14(3)9(15)7-8(10(16)17)12-6-11-7/h6H,4-5H2,1-3H3,(H,11,12)(H,16,17). The number of imidazole rings is 1. The molecule has 7 heteroatoms. The maximum absolute atomic E-state index is 11.9. The van der Waals surface area contributed by atoms with Crippen molar-refractivity contribution in [1.29, 1.82) is 0 Å². The number of aromatic nitrogens is 2. The minimum Gasteiger partial charge on any atom is -0.477 e. The molecule has 1 amide bonds. The minimum absolute atomic E-state index is 0.0567. The summed E-state index contributed by atoms with van der Waals surface area (Å²) in [5, 5.41) is 8.85. The zero-order valence-corrected chi connectivity index (χ0v) is 10.1. The van der Waals surface area contributed by atoms with E-state index in [1.54, 1.807) is 7.05 Å². The van der Waals surface area contributed by atoms with Crippen molar-refractivity contribution >= 4 is 11.9 Å². The van der Waals surface area contributed by atoms with Crippen molar-refractivity contribution in [2.24, 2.45) is 0 Å². The lowest BCUT2D eigenvalue weighted by atomic mass is 10.3. The second-order valence-electron chi connectivity index (χ2n) is 3.96. The number of likely N-dealkylation sites (N-methyl/N-ethyl adjacent to an activating group) is 2. The van der Waals surface area contributed by atoms with Gasteiger partial charge < -0.3 is 19.9 Å². The lowest BCUT2D eigenvalue weighted by molar-refractivity contribution is 0.0674. The first kappa shape index (κ1) is 13.2. The number of hydrogen-bond donors (Lipinski definition) is 2. The maximum atomic E-state index is 11.9. The van der Waals surface area contributed by atoms with Crippen LogP contribution in [0.3, 0.4) is 0 Å². The number of carbonyl (C=O) groups excluding carboxylic acids is 1. The predicted molar refractivity (Wildman–Crippen MR) is 61.1 cm³/mol. The SMILES string of the molecule is CN(C)CCN(C)C(=O)c1nc[nH]c1C(=O)O. The van der Waals surface area contributed by atoms with Gasteiger partial charge >= 0.3 is 5.97 Å². The van der Waals surface area contributed by atoms with Crippen molar-refractivity contribution in [2.75, 3.05) is 34.2 Å². The molecule has 0 unspecified atom stereocenters. The van der Waals surface area contributed by atoms with E-state index in [-0.39, 0.29) is 11.4 Å². The molecule has 0 bridgehead atoms. The van der Waals surface area contributed by atoms with Crippen molar-refractivity contribution in [3.8, 4) is 0 Å². The van der Waals surface area contributed by atoms with Crippen LogP contribution in [0, 0.1) is 0 Å². The van der Waals surface area contributed by atoms with E-state index in [9.17, 15) is 9.59 Å². The highest BCUT2D eigenvalue weighted by Gasteiger charge is 2.22. The average Bonchev–Trinajstić information content (AvgIpc) is 2.73. The number of nitrogens with zero attached hydrogens (tertiary/aromatic N) is 3. The number of carboxylic acid groups (broad SMARTS) is 1. The van der Waals surface area contributed by atoms with Gasteiger partial charge in [0.15, 0.2) is 11.4 Å². The van der Waals surface area contributed by atoms with Crippen molar-refractivity contribution < 1.29 is 14.7 Å². The maximum Gasteiger partial charge on any atom is 0.354 e. The highest BCUT2D eigenvalue weighted by atomic mass is 16.4. The molecule has 0 saturated carbocycles. The zero-order valence-electron chi connectivity index (χ0n) is 10.1. The first-order valence-electron chi connectivity index (χ1n) is 5.10. The lowest BCUT2D eigenvalue weighted by Crippen LogP contribution is -2.34. The molecule has 0 aromatic carbocycles. The highest BCUT2D eigenvalue weighted by Crippen LogP contribution is 2.06. The van der Waals surface area contributed by atoms with Crippen LogP contribution in [0.4, 0.5) is 0 Å². The monoisotopic (exact) mass is 240 g/mol. The van der Waals surface area contributed by atoms with Gasteiger partial charge in [0.2, 0.25) is 0 Å². The molecule has 0 radical (unpaired) electrons. The topological polar surface area (TPSA) is 89.5 Å². The van der Waals surface area contributed by atoms with Gasteiger partial charge in [0.05, 0.1) is 6.33 Å². The van der Waals surface area contributed by atoms with E-state index >= 15 is 0 Å². The Hall–Kier alpha value is -1.89. The van der Waals surface area contributed by atoms with E-state index in [2.05, 4.69) is 9.97 Å². The van der Waals surface area contributed by atoms with E-state index in [0.29, 0.717) is 13.1 Å². The molecular formula is C10H16N4O3. The molecule has 0 aliphatic rings. The second kappa shape index (κ2) is 5.44. The molecule has 1 heterocycles. The van der Waals surface area contributed by atoms with Gasteiger partial charge in [-0.15, -0.1) is 0 Å². The van der Waals surface area contributed by atoms with E-state index in [1.165, 1.54) is 11.2 Å². The Morgan fingerprint density at radius 1 is 1.35 bits per heavy atom. The third-order valence-corrected chi connectivity index (χ3v) is 2.29. The summed E-state index contributed by atoms with van der Waals surface area (Å²) in [6.45, 7) is 1.22. The number of H-pyrrole nitrogens is 1. The fourth-order valence-electron chi connectivity index (χ4n) is 1.25. The first-order chi connectivity index (χ1) is 7.93. The van der Waals surface area contributed by atoms with Gasteiger partial charge in [-0.1, -0.05) is 0 Å². The van der Waals surface area contributed by atoms with Gasteiger partial charge in [-0.2, -0.15) is 0 Å². The Balaban J connectivity index is 2.75. The summed E-state index contributed by atoms with van der Waals surface area (Å²) in [5.74, 6) is -1.59. The largest absolute Gasteiger partial charge is 0.477 e. The van der Waals surface area contributed by atoms with Gasteiger partial charge in [-0.3, -0.25) is 4.79 Å². The van der Waals surface area contributed by atoms with E-state index < -0.39 is 11.9 Å². The smallest absolute Gasteiger partial charge is 0.354 e. The van der Waals surface area contributed by atoms with Gasteiger partial charge in [0.25, 0.3) is 5.91 Å². The molecule has 1 rings (SSSR count). The molecule has 1 aromatic rings. The quantitative estimate of drug-likeness (QED) is 0.740. The Labute approximate surface area is 99.1 Å². The summed E-state index contributed by atoms with van der Waals surface area (Å²) >= 11 is 0. The molecular weight excluding hydrogens is 224 g/mol. The number of aromatic carboxylic acids is 1. The summed E-state index contributed by atoms with van der Waals surface area (Å²) in [4.78, 5) is 32.3. The number of aromatic amines is 1. The van der Waals surface area contributed by atoms with Crippen LogP contribution in [0.5, 0.6) is 0 Å². The summed E-state index contributed by atoms with van der Waals surface area (Å²) < 4.78 is 0. The number of carbonyl (C=O) groups is 2. The van der Waals surface area contributed by atoms with Crippen molar-refractivity contribution in [2.45, 2.75) is 0 Å². The Morgan fingerprint density at radius 2 is 2.00 bits per heavy atom. The fourth-order valence-corrected chi connectivity index (χ4v) is 1.25. The van der Waals surface area contributed by atoms with Crippen LogP contribution in [-0.4, -0.2) is 71.0 Å². The number of amides is 1. The van der Waals surface area contributed by atoms with Crippen LogP contribution in [-0.2, 0) is 0 Å². The number of hydrogen-bond acceptors (Lipinski definition) is 4. The number of carboxylic acids is 1. The molecule has 17 heavy (non-hydrogen) atoms. The molecule has 0 fully saturated rings. The van der Waals surface area contributed by atoms with Crippen LogP contribution in [0.15, 0.2) is 6.33 Å². The van der Waals surface area contributed by atoms with Gasteiger partial charge in [0.1, 0.15) is 0 Å². The molecule has 0 aliphatic carbocycles. The summed E-state index contributed by atoms with van der Waals surface area (Å²) in [6, 6.07) is 0. The first-order valence-corrected chi connectivity index (χ1v) is 5.10. The second-order valence-corrected chi connectivity index (χ2v) is 3.96. The highest BCUT2D eigenvalue weighted by molar-refractivity contribution is 6.02. The summed E-state index contributed by atoms with van der Waals surface area (Å²) in [6.07, 6.45) is 1.20.